The lowest BCUT2D eigenvalue weighted by atomic mass is 10.3. The molecule has 96 valence electrons. The van der Waals surface area contributed by atoms with Crippen molar-refractivity contribution in [1.82, 2.24) is 15.0 Å². The van der Waals surface area contributed by atoms with Crippen molar-refractivity contribution in [3.63, 3.8) is 0 Å². The summed E-state index contributed by atoms with van der Waals surface area (Å²) in [4.78, 5) is 13.0. The number of fused-ring (bicyclic) bond motifs is 1. The molecule has 1 aromatic carbocycles. The summed E-state index contributed by atoms with van der Waals surface area (Å²) in [7, 11) is 0. The number of para-hydroxylation sites is 1. The summed E-state index contributed by atoms with van der Waals surface area (Å²) in [5, 5.41) is 4.09. The van der Waals surface area contributed by atoms with Gasteiger partial charge >= 0.3 is 0 Å². The van der Waals surface area contributed by atoms with Gasteiger partial charge in [0.25, 0.3) is 0 Å². The van der Waals surface area contributed by atoms with Gasteiger partial charge in [-0.25, -0.2) is 15.0 Å². The number of nitrogens with zero attached hydrogens (tertiary/aromatic N) is 3. The fraction of sp³-hybridized carbons (Fsp3) is 0.154. The monoisotopic (exact) mass is 288 g/mol. The Kier molecular flexibility index (Phi) is 3.61. The quantitative estimate of drug-likeness (QED) is 0.742. The van der Waals surface area contributed by atoms with E-state index in [0.29, 0.717) is 0 Å². The molecule has 19 heavy (non-hydrogen) atoms. The van der Waals surface area contributed by atoms with Gasteiger partial charge in [-0.2, -0.15) is 0 Å². The molecule has 0 saturated carbocycles. The lowest BCUT2D eigenvalue weighted by molar-refractivity contribution is 1.03. The summed E-state index contributed by atoms with van der Waals surface area (Å²) < 4.78 is 2.20. The van der Waals surface area contributed by atoms with E-state index in [-0.39, 0.29) is 0 Å². The summed E-state index contributed by atoms with van der Waals surface area (Å²) in [6.07, 6.45) is 1.58. The Morgan fingerprint density at radius 2 is 2.16 bits per heavy atom. The zero-order chi connectivity index (χ0) is 13.1. The van der Waals surface area contributed by atoms with Gasteiger partial charge in [-0.15, -0.1) is 11.3 Å². The summed E-state index contributed by atoms with van der Waals surface area (Å²) >= 11 is 3.25. The first-order valence-corrected chi connectivity index (χ1v) is 7.58. The van der Waals surface area contributed by atoms with Gasteiger partial charge in [0, 0.05) is 12.6 Å². The predicted molar refractivity (Wildman–Crippen MR) is 79.9 cm³/mol. The molecule has 4 nitrogen and oxygen atoms in total. The van der Waals surface area contributed by atoms with Gasteiger partial charge in [0.15, 0.2) is 4.34 Å². The summed E-state index contributed by atoms with van der Waals surface area (Å²) in [6, 6.07) is 10.1. The minimum Gasteiger partial charge on any atom is -0.370 e. The van der Waals surface area contributed by atoms with Crippen LogP contribution in [0.15, 0.2) is 46.0 Å². The molecule has 0 aliphatic heterocycles. The van der Waals surface area contributed by atoms with E-state index in [9.17, 15) is 0 Å². The van der Waals surface area contributed by atoms with E-state index in [1.807, 2.05) is 31.2 Å². The van der Waals surface area contributed by atoms with Crippen LogP contribution in [0.2, 0.25) is 0 Å². The molecule has 0 bridgehead atoms. The summed E-state index contributed by atoms with van der Waals surface area (Å²) in [5.41, 5.74) is 1.04. The SMILES string of the molecule is CCNc1cc(Sc2nc3ccccc3s2)ncn1. The van der Waals surface area contributed by atoms with Crippen LogP contribution in [-0.2, 0) is 0 Å². The van der Waals surface area contributed by atoms with Gasteiger partial charge in [-0.05, 0) is 30.8 Å². The molecule has 1 N–H and O–H groups in total. The zero-order valence-corrected chi connectivity index (χ0v) is 12.0. The smallest absolute Gasteiger partial charge is 0.157 e. The molecular weight excluding hydrogens is 276 g/mol. The molecule has 0 radical (unpaired) electrons. The topological polar surface area (TPSA) is 50.7 Å². The number of thiazole rings is 1. The van der Waals surface area contributed by atoms with E-state index in [2.05, 4.69) is 26.3 Å². The third-order valence-corrected chi connectivity index (χ3v) is 4.50. The lowest BCUT2D eigenvalue weighted by Gasteiger charge is -2.02. The van der Waals surface area contributed by atoms with Crippen molar-refractivity contribution in [2.45, 2.75) is 16.3 Å². The molecule has 2 heterocycles. The van der Waals surface area contributed by atoms with Crippen molar-refractivity contribution in [2.24, 2.45) is 0 Å². The summed E-state index contributed by atoms with van der Waals surface area (Å²) in [5.74, 6) is 0.848. The Labute approximate surface area is 119 Å². The van der Waals surface area contributed by atoms with Crippen molar-refractivity contribution < 1.29 is 0 Å². The van der Waals surface area contributed by atoms with Gasteiger partial charge < -0.3 is 5.32 Å². The maximum absolute atomic E-state index is 4.58. The number of anilines is 1. The first-order chi connectivity index (χ1) is 9.35. The first kappa shape index (κ1) is 12.4. The Bertz CT molecular complexity index is 663. The van der Waals surface area contributed by atoms with E-state index < -0.39 is 0 Å². The molecule has 0 fully saturated rings. The van der Waals surface area contributed by atoms with Crippen LogP contribution in [0, 0.1) is 0 Å². The molecule has 6 heteroatoms. The first-order valence-electron chi connectivity index (χ1n) is 5.94. The maximum atomic E-state index is 4.58. The molecule has 0 aliphatic carbocycles. The second kappa shape index (κ2) is 5.54. The van der Waals surface area contributed by atoms with E-state index in [1.165, 1.54) is 4.70 Å². The number of nitrogens with one attached hydrogen (secondary N) is 1. The minimum absolute atomic E-state index is 0.848. The summed E-state index contributed by atoms with van der Waals surface area (Å²) in [6.45, 7) is 2.89. The van der Waals surface area contributed by atoms with Crippen LogP contribution >= 0.6 is 23.1 Å². The van der Waals surface area contributed by atoms with Crippen LogP contribution in [0.1, 0.15) is 6.92 Å². The molecule has 0 unspecified atom stereocenters. The number of aromatic nitrogens is 3. The van der Waals surface area contributed by atoms with Crippen molar-refractivity contribution in [1.29, 1.82) is 0 Å². The van der Waals surface area contributed by atoms with E-state index in [1.54, 1.807) is 29.4 Å². The Hall–Kier alpha value is -1.66. The highest BCUT2D eigenvalue weighted by Gasteiger charge is 2.06. The largest absolute Gasteiger partial charge is 0.370 e. The van der Waals surface area contributed by atoms with Crippen molar-refractivity contribution in [3.05, 3.63) is 36.7 Å². The molecular formula is C13H12N4S2. The zero-order valence-electron chi connectivity index (χ0n) is 10.3. The highest BCUT2D eigenvalue weighted by Crippen LogP contribution is 2.33. The highest BCUT2D eigenvalue weighted by molar-refractivity contribution is 8.01. The van der Waals surface area contributed by atoms with Crippen LogP contribution in [0.5, 0.6) is 0 Å². The molecule has 3 aromatic rings. The van der Waals surface area contributed by atoms with Crippen LogP contribution in [0.4, 0.5) is 5.82 Å². The van der Waals surface area contributed by atoms with Gasteiger partial charge in [0.1, 0.15) is 17.2 Å². The standard InChI is InChI=1S/C13H12N4S2/c1-2-14-11-7-12(16-8-15-11)19-13-17-9-5-3-4-6-10(9)18-13/h3-8H,2H2,1H3,(H,14,15,16). The number of hydrogen-bond donors (Lipinski definition) is 1. The molecule has 3 rings (SSSR count). The Morgan fingerprint density at radius 1 is 1.26 bits per heavy atom. The van der Waals surface area contributed by atoms with Gasteiger partial charge in [-0.1, -0.05) is 12.1 Å². The van der Waals surface area contributed by atoms with Crippen LogP contribution in [-0.4, -0.2) is 21.5 Å². The van der Waals surface area contributed by atoms with Gasteiger partial charge in [-0.3, -0.25) is 0 Å². The lowest BCUT2D eigenvalue weighted by Crippen LogP contribution is -1.99. The predicted octanol–water partition coefficient (Wildman–Crippen LogP) is 3.67. The van der Waals surface area contributed by atoms with Gasteiger partial charge in [0.05, 0.1) is 10.2 Å². The van der Waals surface area contributed by atoms with E-state index in [0.717, 1.165) is 27.2 Å². The van der Waals surface area contributed by atoms with Gasteiger partial charge in [0.2, 0.25) is 0 Å². The molecule has 0 aliphatic rings. The second-order valence-electron chi connectivity index (χ2n) is 3.82. The van der Waals surface area contributed by atoms with E-state index >= 15 is 0 Å². The van der Waals surface area contributed by atoms with E-state index in [4.69, 9.17) is 0 Å². The third kappa shape index (κ3) is 2.85. The fourth-order valence-corrected chi connectivity index (χ4v) is 3.64. The fourth-order valence-electron chi connectivity index (χ4n) is 1.66. The van der Waals surface area contributed by atoms with Crippen molar-refractivity contribution in [3.8, 4) is 0 Å². The molecule has 0 amide bonds. The molecule has 0 saturated heterocycles. The number of hydrogen-bond acceptors (Lipinski definition) is 6. The third-order valence-electron chi connectivity index (χ3n) is 2.47. The molecule has 2 aromatic heterocycles. The normalized spacial score (nSPS) is 10.8. The highest BCUT2D eigenvalue weighted by atomic mass is 32.2. The minimum atomic E-state index is 0.848. The Balaban J connectivity index is 1.85. The average Bonchev–Trinajstić information content (AvgIpc) is 2.81. The van der Waals surface area contributed by atoms with Crippen LogP contribution in [0.3, 0.4) is 0 Å². The molecule has 0 spiro atoms. The van der Waals surface area contributed by atoms with Crippen molar-refractivity contribution in [2.75, 3.05) is 11.9 Å². The number of benzene rings is 1. The Morgan fingerprint density at radius 3 is 3.00 bits per heavy atom. The molecule has 0 atom stereocenters. The number of rotatable bonds is 4. The van der Waals surface area contributed by atoms with Crippen molar-refractivity contribution >= 4 is 39.1 Å². The average molecular weight is 288 g/mol. The second-order valence-corrected chi connectivity index (χ2v) is 6.12. The van der Waals surface area contributed by atoms with Crippen LogP contribution in [0.25, 0.3) is 10.2 Å². The van der Waals surface area contributed by atoms with Crippen LogP contribution < -0.4 is 5.32 Å². The maximum Gasteiger partial charge on any atom is 0.157 e.